The third kappa shape index (κ3) is 7.00. The van der Waals surface area contributed by atoms with Gasteiger partial charge in [-0.05, 0) is 72.3 Å². The second-order valence-corrected chi connectivity index (χ2v) is 9.48. The Hall–Kier alpha value is -4.14. The van der Waals surface area contributed by atoms with E-state index in [1.54, 1.807) is 55.7 Å². The van der Waals surface area contributed by atoms with Crippen molar-refractivity contribution in [1.82, 2.24) is 14.8 Å². The smallest absolute Gasteiger partial charge is 0.234 e. The van der Waals surface area contributed by atoms with E-state index < -0.39 is 0 Å². The van der Waals surface area contributed by atoms with Crippen molar-refractivity contribution < 1.29 is 14.3 Å². The van der Waals surface area contributed by atoms with Gasteiger partial charge >= 0.3 is 0 Å². The van der Waals surface area contributed by atoms with Crippen molar-refractivity contribution in [2.75, 3.05) is 18.2 Å². The largest absolute Gasteiger partial charge is 0.497 e. The Morgan fingerprint density at radius 3 is 2.39 bits per heavy atom. The van der Waals surface area contributed by atoms with E-state index in [0.717, 1.165) is 16.9 Å². The van der Waals surface area contributed by atoms with Crippen LogP contribution >= 0.6 is 23.4 Å². The second-order valence-electron chi connectivity index (χ2n) is 8.10. The first-order valence-electron chi connectivity index (χ1n) is 11.7. The summed E-state index contributed by atoms with van der Waals surface area (Å²) in [4.78, 5) is 25.1. The standard InChI is InChI=1S/C29H25ClN4O3S/c1-3-18-34-28(22-9-15-25(37-2)16-10-22)32-33-29(34)38-19-27(36)31-24-13-7-21(8-14-24)26(35)17-6-20-4-11-23(30)12-5-20/h3-17H,1,18-19H2,2H3,(H,31,36)/b17-6+. The number of aromatic nitrogens is 3. The number of amides is 1. The van der Waals surface area contributed by atoms with E-state index in [1.165, 1.54) is 17.8 Å². The number of ether oxygens (including phenoxy) is 1. The van der Waals surface area contributed by atoms with Gasteiger partial charge in [0.15, 0.2) is 16.8 Å². The van der Waals surface area contributed by atoms with Crippen LogP contribution in [0.15, 0.2) is 96.7 Å². The van der Waals surface area contributed by atoms with E-state index in [0.29, 0.717) is 33.8 Å². The number of methoxy groups -OCH3 is 1. The van der Waals surface area contributed by atoms with Crippen molar-refractivity contribution in [3.63, 3.8) is 0 Å². The van der Waals surface area contributed by atoms with Crippen LogP contribution in [-0.4, -0.2) is 39.3 Å². The van der Waals surface area contributed by atoms with Crippen LogP contribution in [0.4, 0.5) is 5.69 Å². The molecule has 0 atom stereocenters. The number of benzene rings is 3. The van der Waals surface area contributed by atoms with Crippen LogP contribution in [0.1, 0.15) is 15.9 Å². The molecule has 0 spiro atoms. The van der Waals surface area contributed by atoms with Gasteiger partial charge in [0.1, 0.15) is 5.75 Å². The molecule has 1 N–H and O–H groups in total. The molecule has 1 heterocycles. The number of allylic oxidation sites excluding steroid dienone is 2. The number of anilines is 1. The van der Waals surface area contributed by atoms with Crippen molar-refractivity contribution in [2.45, 2.75) is 11.7 Å². The fraction of sp³-hybridized carbons (Fsp3) is 0.103. The summed E-state index contributed by atoms with van der Waals surface area (Å²) in [5.74, 6) is 1.24. The number of ketones is 1. The molecule has 0 unspecified atom stereocenters. The Labute approximate surface area is 230 Å². The average molecular weight is 545 g/mol. The molecule has 7 nitrogen and oxygen atoms in total. The van der Waals surface area contributed by atoms with E-state index in [2.05, 4.69) is 22.1 Å². The molecular weight excluding hydrogens is 520 g/mol. The zero-order chi connectivity index (χ0) is 26.9. The zero-order valence-electron chi connectivity index (χ0n) is 20.6. The van der Waals surface area contributed by atoms with E-state index >= 15 is 0 Å². The van der Waals surface area contributed by atoms with Crippen LogP contribution in [-0.2, 0) is 11.3 Å². The Kier molecular flexibility index (Phi) is 9.13. The molecule has 1 aromatic heterocycles. The number of thioether (sulfide) groups is 1. The van der Waals surface area contributed by atoms with Crippen molar-refractivity contribution in [3.05, 3.63) is 108 Å². The molecule has 0 fully saturated rings. The molecule has 3 aromatic carbocycles. The lowest BCUT2D eigenvalue weighted by molar-refractivity contribution is -0.113. The van der Waals surface area contributed by atoms with Gasteiger partial charge in [-0.1, -0.05) is 47.6 Å². The Bertz CT molecular complexity index is 1450. The molecule has 0 saturated carbocycles. The highest BCUT2D eigenvalue weighted by Gasteiger charge is 2.15. The van der Waals surface area contributed by atoms with Gasteiger partial charge in [-0.15, -0.1) is 16.8 Å². The fourth-order valence-corrected chi connectivity index (χ4v) is 4.40. The van der Waals surface area contributed by atoms with Gasteiger partial charge in [-0.25, -0.2) is 0 Å². The lowest BCUT2D eigenvalue weighted by Crippen LogP contribution is -2.14. The van der Waals surface area contributed by atoms with Crippen molar-refractivity contribution in [1.29, 1.82) is 0 Å². The average Bonchev–Trinajstić information content (AvgIpc) is 3.34. The maximum absolute atomic E-state index is 12.6. The lowest BCUT2D eigenvalue weighted by Gasteiger charge is -2.09. The van der Waals surface area contributed by atoms with Gasteiger partial charge in [0.05, 0.1) is 12.9 Å². The second kappa shape index (κ2) is 12.9. The van der Waals surface area contributed by atoms with Gasteiger partial charge in [-0.3, -0.25) is 14.2 Å². The zero-order valence-corrected chi connectivity index (χ0v) is 22.2. The Morgan fingerprint density at radius 2 is 1.74 bits per heavy atom. The highest BCUT2D eigenvalue weighted by Crippen LogP contribution is 2.26. The van der Waals surface area contributed by atoms with Crippen LogP contribution in [0.2, 0.25) is 5.02 Å². The summed E-state index contributed by atoms with van der Waals surface area (Å²) in [5, 5.41) is 12.7. The van der Waals surface area contributed by atoms with Gasteiger partial charge in [0.2, 0.25) is 5.91 Å². The quantitative estimate of drug-likeness (QED) is 0.101. The number of carbonyl (C=O) groups is 2. The molecule has 9 heteroatoms. The van der Waals surface area contributed by atoms with E-state index in [-0.39, 0.29) is 17.4 Å². The first kappa shape index (κ1) is 26.9. The number of halogens is 1. The molecular formula is C29H25ClN4O3S. The third-order valence-corrected chi connectivity index (χ3v) is 6.68. The van der Waals surface area contributed by atoms with E-state index in [4.69, 9.17) is 16.3 Å². The molecule has 0 aliphatic rings. The van der Waals surface area contributed by atoms with Gasteiger partial charge in [0.25, 0.3) is 0 Å². The predicted octanol–water partition coefficient (Wildman–Crippen LogP) is 6.42. The minimum atomic E-state index is -0.198. The molecule has 192 valence electrons. The fourth-order valence-electron chi connectivity index (χ4n) is 3.53. The summed E-state index contributed by atoms with van der Waals surface area (Å²) < 4.78 is 7.13. The summed E-state index contributed by atoms with van der Waals surface area (Å²) in [7, 11) is 1.62. The lowest BCUT2D eigenvalue weighted by atomic mass is 10.1. The normalized spacial score (nSPS) is 10.9. The van der Waals surface area contributed by atoms with Crippen LogP contribution in [0.25, 0.3) is 17.5 Å². The highest BCUT2D eigenvalue weighted by molar-refractivity contribution is 7.99. The van der Waals surface area contributed by atoms with E-state index in [9.17, 15) is 9.59 Å². The summed E-state index contributed by atoms with van der Waals surface area (Å²) in [6, 6.07) is 21.5. The summed E-state index contributed by atoms with van der Waals surface area (Å²) >= 11 is 7.17. The first-order chi connectivity index (χ1) is 18.5. The van der Waals surface area contributed by atoms with Gasteiger partial charge < -0.3 is 10.1 Å². The van der Waals surface area contributed by atoms with Crippen LogP contribution in [0.3, 0.4) is 0 Å². The summed E-state index contributed by atoms with van der Waals surface area (Å²) in [5.41, 5.74) is 2.88. The number of hydrogen-bond acceptors (Lipinski definition) is 6. The molecule has 0 aliphatic heterocycles. The number of carbonyl (C=O) groups excluding carboxylic acids is 2. The number of rotatable bonds is 11. The Morgan fingerprint density at radius 1 is 1.03 bits per heavy atom. The molecule has 38 heavy (non-hydrogen) atoms. The van der Waals surface area contributed by atoms with Crippen LogP contribution < -0.4 is 10.1 Å². The monoisotopic (exact) mass is 544 g/mol. The Balaban J connectivity index is 1.34. The van der Waals surface area contributed by atoms with Crippen molar-refractivity contribution in [2.24, 2.45) is 0 Å². The molecule has 4 rings (SSSR count). The van der Waals surface area contributed by atoms with Crippen LogP contribution in [0.5, 0.6) is 5.75 Å². The van der Waals surface area contributed by atoms with E-state index in [1.807, 2.05) is 41.0 Å². The van der Waals surface area contributed by atoms with Crippen LogP contribution in [0, 0.1) is 0 Å². The molecule has 4 aromatic rings. The molecule has 0 saturated heterocycles. The van der Waals surface area contributed by atoms with Gasteiger partial charge in [0, 0.05) is 28.4 Å². The third-order valence-electron chi connectivity index (χ3n) is 5.46. The summed E-state index contributed by atoms with van der Waals surface area (Å²) in [6.45, 7) is 4.32. The number of nitrogens with one attached hydrogen (secondary N) is 1. The van der Waals surface area contributed by atoms with Crippen molar-refractivity contribution in [3.8, 4) is 17.1 Å². The molecule has 0 radical (unpaired) electrons. The van der Waals surface area contributed by atoms with Gasteiger partial charge in [-0.2, -0.15) is 0 Å². The topological polar surface area (TPSA) is 86.1 Å². The van der Waals surface area contributed by atoms with Crippen molar-refractivity contribution >= 4 is 46.8 Å². The minimum absolute atomic E-state index is 0.136. The maximum Gasteiger partial charge on any atom is 0.234 e. The minimum Gasteiger partial charge on any atom is -0.497 e. The molecule has 0 aliphatic carbocycles. The maximum atomic E-state index is 12.6. The summed E-state index contributed by atoms with van der Waals surface area (Å²) in [6.07, 6.45) is 5.00. The number of nitrogens with zero attached hydrogens (tertiary/aromatic N) is 3. The SMILES string of the molecule is C=CCn1c(SCC(=O)Nc2ccc(C(=O)/C=C/c3ccc(Cl)cc3)cc2)nnc1-c1ccc(OC)cc1. The molecule has 0 bridgehead atoms. The highest BCUT2D eigenvalue weighted by atomic mass is 35.5. The predicted molar refractivity (Wildman–Crippen MR) is 153 cm³/mol. The first-order valence-corrected chi connectivity index (χ1v) is 13.0. The molecule has 1 amide bonds. The number of hydrogen-bond donors (Lipinski definition) is 1.